The fourth-order valence-corrected chi connectivity index (χ4v) is 4.65. The predicted molar refractivity (Wildman–Crippen MR) is 148 cm³/mol. The topological polar surface area (TPSA) is 133 Å². The lowest BCUT2D eigenvalue weighted by Gasteiger charge is -2.07. The van der Waals surface area contributed by atoms with Gasteiger partial charge < -0.3 is 13.9 Å². The number of ether oxygens (including phenoxy) is 2. The standard InChI is InChI=1S/C28H27N3O7S/c1-4-36-22-12-8-20(9-13-22)26-27(31(32)33)25(38-28(26)21-10-14-23(15-11-21)37-5-2)18-29-30-39(34,35)24-16-6-19(3)7-17-24/h6-18,30H,4-5H2,1-3H3/b29-18+. The number of nitrogens with one attached hydrogen (secondary N) is 1. The molecule has 0 aliphatic carbocycles. The molecule has 1 aromatic heterocycles. The van der Waals surface area contributed by atoms with Crippen molar-refractivity contribution < 1.29 is 27.2 Å². The molecule has 0 unspecified atom stereocenters. The van der Waals surface area contributed by atoms with Crippen molar-refractivity contribution in [3.8, 4) is 33.9 Å². The fourth-order valence-electron chi connectivity index (χ4n) is 3.86. The second kappa shape index (κ2) is 11.8. The first-order chi connectivity index (χ1) is 18.7. The van der Waals surface area contributed by atoms with Crippen LogP contribution in [0.25, 0.3) is 22.5 Å². The average Bonchev–Trinajstić information content (AvgIpc) is 3.30. The van der Waals surface area contributed by atoms with Crippen LogP contribution in [0.3, 0.4) is 0 Å². The zero-order chi connectivity index (χ0) is 28.0. The summed E-state index contributed by atoms with van der Waals surface area (Å²) in [5.74, 6) is 1.25. The third-order valence-corrected chi connectivity index (χ3v) is 6.90. The van der Waals surface area contributed by atoms with Crippen molar-refractivity contribution in [1.82, 2.24) is 4.83 Å². The molecule has 0 atom stereocenters. The van der Waals surface area contributed by atoms with Gasteiger partial charge >= 0.3 is 5.69 Å². The van der Waals surface area contributed by atoms with E-state index in [1.54, 1.807) is 60.7 Å². The lowest BCUT2D eigenvalue weighted by atomic mass is 10.00. The van der Waals surface area contributed by atoms with Crippen LogP contribution >= 0.6 is 0 Å². The van der Waals surface area contributed by atoms with Crippen molar-refractivity contribution in [2.45, 2.75) is 25.7 Å². The lowest BCUT2D eigenvalue weighted by Crippen LogP contribution is -2.18. The van der Waals surface area contributed by atoms with Crippen molar-refractivity contribution in [3.63, 3.8) is 0 Å². The number of aryl methyl sites for hydroxylation is 1. The number of benzene rings is 3. The summed E-state index contributed by atoms with van der Waals surface area (Å²) in [7, 11) is -4.00. The second-order valence-electron chi connectivity index (χ2n) is 8.36. The number of sulfonamides is 1. The number of hydrogen-bond donors (Lipinski definition) is 1. The van der Waals surface area contributed by atoms with Gasteiger partial charge in [0.1, 0.15) is 22.8 Å². The molecule has 0 fully saturated rings. The Bertz CT molecular complexity index is 1580. The SMILES string of the molecule is CCOc1ccc(-c2oc(/C=N/NS(=O)(=O)c3ccc(C)cc3)c([N+](=O)[O-])c2-c2ccc(OCC)cc2)cc1. The summed E-state index contributed by atoms with van der Waals surface area (Å²) in [6, 6.07) is 19.9. The highest BCUT2D eigenvalue weighted by molar-refractivity contribution is 7.89. The highest BCUT2D eigenvalue weighted by Crippen LogP contribution is 2.44. The summed E-state index contributed by atoms with van der Waals surface area (Å²) in [6.07, 6.45) is 0.986. The number of hydrazone groups is 1. The highest BCUT2D eigenvalue weighted by atomic mass is 32.2. The van der Waals surface area contributed by atoms with Gasteiger partial charge in [-0.15, -0.1) is 0 Å². The van der Waals surface area contributed by atoms with Crippen molar-refractivity contribution in [1.29, 1.82) is 0 Å². The number of nitrogens with zero attached hydrogens (tertiary/aromatic N) is 2. The second-order valence-corrected chi connectivity index (χ2v) is 10.0. The van der Waals surface area contributed by atoms with Crippen molar-refractivity contribution >= 4 is 21.9 Å². The molecule has 1 heterocycles. The summed E-state index contributed by atoms with van der Waals surface area (Å²) in [4.78, 5) is 13.8. The van der Waals surface area contributed by atoms with Gasteiger partial charge in [-0.2, -0.15) is 18.4 Å². The molecule has 0 bridgehead atoms. The normalized spacial score (nSPS) is 11.5. The van der Waals surface area contributed by atoms with Crippen LogP contribution in [0, 0.1) is 17.0 Å². The van der Waals surface area contributed by atoms with Crippen LogP contribution in [0.5, 0.6) is 11.5 Å². The van der Waals surface area contributed by atoms with E-state index in [1.165, 1.54) is 12.1 Å². The number of furan rings is 1. The van der Waals surface area contributed by atoms with Gasteiger partial charge in [0.15, 0.2) is 0 Å². The predicted octanol–water partition coefficient (Wildman–Crippen LogP) is 5.94. The van der Waals surface area contributed by atoms with Gasteiger partial charge in [-0.25, -0.2) is 0 Å². The first kappa shape index (κ1) is 27.4. The van der Waals surface area contributed by atoms with Gasteiger partial charge in [-0.05, 0) is 74.9 Å². The minimum Gasteiger partial charge on any atom is -0.494 e. The summed E-state index contributed by atoms with van der Waals surface area (Å²) in [5, 5.41) is 16.1. The molecule has 1 N–H and O–H groups in total. The minimum atomic E-state index is -4.00. The molecule has 4 aromatic rings. The van der Waals surface area contributed by atoms with Gasteiger partial charge in [0, 0.05) is 5.56 Å². The molecular formula is C28H27N3O7S. The van der Waals surface area contributed by atoms with Crippen molar-refractivity contribution in [2.75, 3.05) is 13.2 Å². The van der Waals surface area contributed by atoms with Crippen molar-refractivity contribution in [2.24, 2.45) is 5.10 Å². The third kappa shape index (κ3) is 6.27. The van der Waals surface area contributed by atoms with Gasteiger partial charge in [-0.1, -0.05) is 29.8 Å². The maximum absolute atomic E-state index is 12.6. The first-order valence-electron chi connectivity index (χ1n) is 12.1. The Hall–Kier alpha value is -4.64. The van der Waals surface area contributed by atoms with Crippen LogP contribution < -0.4 is 14.3 Å². The van der Waals surface area contributed by atoms with E-state index in [4.69, 9.17) is 13.9 Å². The van der Waals surface area contributed by atoms with E-state index < -0.39 is 14.9 Å². The van der Waals surface area contributed by atoms with Crippen molar-refractivity contribution in [3.05, 3.63) is 94.2 Å². The number of hydrogen-bond acceptors (Lipinski definition) is 8. The molecule has 0 amide bonds. The molecule has 0 aliphatic heterocycles. The minimum absolute atomic E-state index is 0.00403. The Kier molecular flexibility index (Phi) is 8.30. The van der Waals surface area contributed by atoms with Gasteiger partial charge in [0.25, 0.3) is 10.0 Å². The molecule has 0 saturated heterocycles. The molecule has 0 radical (unpaired) electrons. The molecule has 4 rings (SSSR count). The Morgan fingerprint density at radius 2 is 1.44 bits per heavy atom. The van der Waals surface area contributed by atoms with E-state index in [9.17, 15) is 18.5 Å². The molecule has 0 saturated carbocycles. The monoisotopic (exact) mass is 549 g/mol. The molecule has 3 aromatic carbocycles. The fraction of sp³-hybridized carbons (Fsp3) is 0.179. The Morgan fingerprint density at radius 1 is 0.897 bits per heavy atom. The van der Waals surface area contributed by atoms with Crippen LogP contribution in [0.4, 0.5) is 5.69 Å². The third-order valence-electron chi connectivity index (χ3n) is 5.66. The summed E-state index contributed by atoms with van der Waals surface area (Å²) < 4.78 is 42.2. The lowest BCUT2D eigenvalue weighted by molar-refractivity contribution is -0.384. The largest absolute Gasteiger partial charge is 0.494 e. The zero-order valence-corrected chi connectivity index (χ0v) is 22.4. The Labute approximate surface area is 226 Å². The first-order valence-corrected chi connectivity index (χ1v) is 13.6. The van der Waals surface area contributed by atoms with E-state index in [2.05, 4.69) is 9.93 Å². The molecule has 39 heavy (non-hydrogen) atoms. The molecular weight excluding hydrogens is 522 g/mol. The van der Waals surface area contributed by atoms with Gasteiger partial charge in [0.2, 0.25) is 5.76 Å². The molecule has 202 valence electrons. The summed E-state index contributed by atoms with van der Waals surface area (Å²) in [5.41, 5.74) is 1.83. The Morgan fingerprint density at radius 3 is 1.95 bits per heavy atom. The summed E-state index contributed by atoms with van der Waals surface area (Å²) >= 11 is 0. The molecule has 0 aliphatic rings. The maximum Gasteiger partial charge on any atom is 0.324 e. The van der Waals surface area contributed by atoms with Crippen LogP contribution in [-0.4, -0.2) is 32.8 Å². The number of rotatable bonds is 11. The van der Waals surface area contributed by atoms with Crippen LogP contribution in [0.2, 0.25) is 0 Å². The molecule has 11 heteroatoms. The van der Waals surface area contributed by atoms with Crippen LogP contribution in [0.1, 0.15) is 25.2 Å². The quantitative estimate of drug-likeness (QED) is 0.139. The highest BCUT2D eigenvalue weighted by Gasteiger charge is 2.31. The maximum atomic E-state index is 12.6. The van der Waals surface area contributed by atoms with Crippen LogP contribution in [0.15, 0.2) is 87.2 Å². The molecule has 0 spiro atoms. The van der Waals surface area contributed by atoms with Gasteiger partial charge in [-0.3, -0.25) is 10.1 Å². The smallest absolute Gasteiger partial charge is 0.324 e. The van der Waals surface area contributed by atoms with E-state index >= 15 is 0 Å². The van der Waals surface area contributed by atoms with Gasteiger partial charge in [0.05, 0.1) is 29.2 Å². The zero-order valence-electron chi connectivity index (χ0n) is 21.6. The van der Waals surface area contributed by atoms with E-state index in [0.717, 1.165) is 11.8 Å². The summed E-state index contributed by atoms with van der Waals surface area (Å²) in [6.45, 7) is 6.52. The van der Waals surface area contributed by atoms with E-state index in [0.29, 0.717) is 35.8 Å². The van der Waals surface area contributed by atoms with E-state index in [-0.39, 0.29) is 27.7 Å². The number of nitro groups is 1. The Balaban J connectivity index is 1.79. The van der Waals surface area contributed by atoms with E-state index in [1.807, 2.05) is 20.8 Å². The average molecular weight is 550 g/mol. The molecule has 10 nitrogen and oxygen atoms in total. The van der Waals surface area contributed by atoms with Crippen LogP contribution in [-0.2, 0) is 10.0 Å².